The summed E-state index contributed by atoms with van der Waals surface area (Å²) in [6, 6.07) is 0.599. The molecule has 0 aliphatic carbocycles. The van der Waals surface area contributed by atoms with E-state index in [0.717, 1.165) is 12.5 Å². The van der Waals surface area contributed by atoms with Gasteiger partial charge in [-0.3, -0.25) is 4.90 Å². The van der Waals surface area contributed by atoms with Crippen molar-refractivity contribution in [3.63, 3.8) is 0 Å². The quantitative estimate of drug-likeness (QED) is 0.770. The first-order valence-corrected chi connectivity index (χ1v) is 6.85. The summed E-state index contributed by atoms with van der Waals surface area (Å²) in [5, 5.41) is 0. The van der Waals surface area contributed by atoms with Gasteiger partial charge < -0.3 is 10.6 Å². The van der Waals surface area contributed by atoms with E-state index in [1.165, 1.54) is 45.4 Å². The van der Waals surface area contributed by atoms with Gasteiger partial charge in [0.2, 0.25) is 0 Å². The van der Waals surface area contributed by atoms with E-state index in [9.17, 15) is 0 Å². The average molecular weight is 227 g/mol. The van der Waals surface area contributed by atoms with Crippen molar-refractivity contribution in [3.05, 3.63) is 0 Å². The second kappa shape index (κ2) is 7.25. The molecular weight excluding hydrogens is 198 g/mol. The molecule has 1 aliphatic heterocycles. The van der Waals surface area contributed by atoms with Crippen LogP contribution in [-0.2, 0) is 0 Å². The summed E-state index contributed by atoms with van der Waals surface area (Å²) >= 11 is 0. The molecule has 0 amide bonds. The van der Waals surface area contributed by atoms with E-state index in [0.29, 0.717) is 6.04 Å². The number of rotatable bonds is 5. The molecule has 16 heavy (non-hydrogen) atoms. The normalized spacial score (nSPS) is 22.3. The molecule has 0 spiro atoms. The van der Waals surface area contributed by atoms with Crippen molar-refractivity contribution in [2.24, 2.45) is 11.7 Å². The van der Waals surface area contributed by atoms with E-state index >= 15 is 0 Å². The Kier molecular flexibility index (Phi) is 6.32. The van der Waals surface area contributed by atoms with Gasteiger partial charge in [0, 0.05) is 25.7 Å². The van der Waals surface area contributed by atoms with Crippen molar-refractivity contribution in [2.75, 3.05) is 39.8 Å². The second-order valence-electron chi connectivity index (χ2n) is 5.07. The predicted molar refractivity (Wildman–Crippen MR) is 70.6 cm³/mol. The van der Waals surface area contributed by atoms with Crippen LogP contribution < -0.4 is 5.73 Å². The number of hydrogen-bond acceptors (Lipinski definition) is 3. The second-order valence-corrected chi connectivity index (χ2v) is 5.07. The Morgan fingerprint density at radius 1 is 1.06 bits per heavy atom. The molecule has 0 aromatic heterocycles. The fourth-order valence-electron chi connectivity index (χ4n) is 2.87. The van der Waals surface area contributed by atoms with Crippen LogP contribution in [-0.4, -0.2) is 55.6 Å². The lowest BCUT2D eigenvalue weighted by Gasteiger charge is -2.35. The molecule has 0 aromatic rings. The van der Waals surface area contributed by atoms with Gasteiger partial charge in [-0.2, -0.15) is 0 Å². The molecule has 0 radical (unpaired) electrons. The van der Waals surface area contributed by atoms with Gasteiger partial charge in [0.05, 0.1) is 0 Å². The highest BCUT2D eigenvalue weighted by Gasteiger charge is 2.25. The third kappa shape index (κ3) is 3.72. The Balaban J connectivity index is 2.56. The minimum atomic E-state index is 0.599. The molecular formula is C13H29N3. The van der Waals surface area contributed by atoms with Crippen molar-refractivity contribution in [1.82, 2.24) is 9.80 Å². The monoisotopic (exact) mass is 227 g/mol. The highest BCUT2D eigenvalue weighted by atomic mass is 15.2. The lowest BCUT2D eigenvalue weighted by molar-refractivity contribution is 0.144. The van der Waals surface area contributed by atoms with Gasteiger partial charge in [-0.15, -0.1) is 0 Å². The molecule has 1 fully saturated rings. The molecule has 1 atom stereocenters. The zero-order valence-electron chi connectivity index (χ0n) is 11.3. The van der Waals surface area contributed by atoms with E-state index in [1.807, 2.05) is 0 Å². The van der Waals surface area contributed by atoms with Crippen LogP contribution in [0.5, 0.6) is 0 Å². The zero-order chi connectivity index (χ0) is 12.0. The summed E-state index contributed by atoms with van der Waals surface area (Å²) in [5.74, 6) is 0.772. The van der Waals surface area contributed by atoms with Gasteiger partial charge in [-0.1, -0.05) is 26.7 Å². The molecule has 1 unspecified atom stereocenters. The Morgan fingerprint density at radius 3 is 2.31 bits per heavy atom. The number of nitrogens with two attached hydrogens (primary N) is 1. The highest BCUT2D eigenvalue weighted by molar-refractivity contribution is 4.81. The largest absolute Gasteiger partial charge is 0.329 e. The maximum Gasteiger partial charge on any atom is 0.0246 e. The lowest BCUT2D eigenvalue weighted by Crippen LogP contribution is -2.46. The maximum atomic E-state index is 5.99. The predicted octanol–water partition coefficient (Wildman–Crippen LogP) is 1.39. The van der Waals surface area contributed by atoms with Crippen LogP contribution in [0.15, 0.2) is 0 Å². The van der Waals surface area contributed by atoms with Crippen molar-refractivity contribution in [2.45, 2.75) is 39.2 Å². The summed E-state index contributed by atoms with van der Waals surface area (Å²) < 4.78 is 0. The van der Waals surface area contributed by atoms with Crippen LogP contribution >= 0.6 is 0 Å². The third-order valence-corrected chi connectivity index (χ3v) is 4.06. The molecule has 1 saturated heterocycles. The fraction of sp³-hybridized carbons (Fsp3) is 1.00. The minimum Gasteiger partial charge on any atom is -0.329 e. The minimum absolute atomic E-state index is 0.599. The maximum absolute atomic E-state index is 5.99. The average Bonchev–Trinajstić information content (AvgIpc) is 2.51. The Labute approximate surface area is 101 Å². The Morgan fingerprint density at radius 2 is 1.75 bits per heavy atom. The molecule has 1 aliphatic rings. The zero-order valence-corrected chi connectivity index (χ0v) is 11.3. The fourth-order valence-corrected chi connectivity index (χ4v) is 2.87. The molecule has 1 heterocycles. The smallest absolute Gasteiger partial charge is 0.0246 e. The molecule has 0 aromatic carbocycles. The summed E-state index contributed by atoms with van der Waals surface area (Å²) in [5.41, 5.74) is 5.99. The standard InChI is InChI=1S/C13H29N3/c1-4-12(5-2)13(11-14)16-8-6-7-15(3)9-10-16/h12-13H,4-11,14H2,1-3H3. The first-order chi connectivity index (χ1) is 7.72. The van der Waals surface area contributed by atoms with Gasteiger partial charge in [-0.05, 0) is 32.5 Å². The molecule has 3 nitrogen and oxygen atoms in total. The van der Waals surface area contributed by atoms with Crippen LogP contribution in [0.3, 0.4) is 0 Å². The Bertz CT molecular complexity index is 180. The van der Waals surface area contributed by atoms with Gasteiger partial charge >= 0.3 is 0 Å². The van der Waals surface area contributed by atoms with E-state index in [4.69, 9.17) is 5.73 Å². The van der Waals surface area contributed by atoms with Crippen molar-refractivity contribution in [1.29, 1.82) is 0 Å². The van der Waals surface area contributed by atoms with Crippen molar-refractivity contribution < 1.29 is 0 Å². The van der Waals surface area contributed by atoms with Gasteiger partial charge in [0.1, 0.15) is 0 Å². The van der Waals surface area contributed by atoms with Crippen molar-refractivity contribution >= 4 is 0 Å². The van der Waals surface area contributed by atoms with Gasteiger partial charge in [0.15, 0.2) is 0 Å². The van der Waals surface area contributed by atoms with E-state index < -0.39 is 0 Å². The van der Waals surface area contributed by atoms with Crippen LogP contribution in [0.2, 0.25) is 0 Å². The number of likely N-dealkylation sites (N-methyl/N-ethyl adjacent to an activating group) is 1. The summed E-state index contributed by atoms with van der Waals surface area (Å²) in [6.45, 7) is 10.2. The molecule has 0 bridgehead atoms. The first kappa shape index (κ1) is 13.9. The molecule has 0 saturated carbocycles. The topological polar surface area (TPSA) is 32.5 Å². The summed E-state index contributed by atoms with van der Waals surface area (Å²) in [4.78, 5) is 5.06. The van der Waals surface area contributed by atoms with Crippen LogP contribution in [0.4, 0.5) is 0 Å². The van der Waals surface area contributed by atoms with Crippen LogP contribution in [0, 0.1) is 5.92 Å². The molecule has 2 N–H and O–H groups in total. The van der Waals surface area contributed by atoms with Crippen LogP contribution in [0.25, 0.3) is 0 Å². The van der Waals surface area contributed by atoms with E-state index in [1.54, 1.807) is 0 Å². The summed E-state index contributed by atoms with van der Waals surface area (Å²) in [6.07, 6.45) is 3.79. The molecule has 1 rings (SSSR count). The summed E-state index contributed by atoms with van der Waals surface area (Å²) in [7, 11) is 2.22. The Hall–Kier alpha value is -0.120. The van der Waals surface area contributed by atoms with E-state index in [-0.39, 0.29) is 0 Å². The van der Waals surface area contributed by atoms with Gasteiger partial charge in [-0.25, -0.2) is 0 Å². The first-order valence-electron chi connectivity index (χ1n) is 6.85. The highest BCUT2D eigenvalue weighted by Crippen LogP contribution is 2.19. The number of hydrogen-bond donors (Lipinski definition) is 1. The van der Waals surface area contributed by atoms with Gasteiger partial charge in [0.25, 0.3) is 0 Å². The van der Waals surface area contributed by atoms with E-state index in [2.05, 4.69) is 30.7 Å². The molecule has 3 heteroatoms. The third-order valence-electron chi connectivity index (χ3n) is 4.06. The van der Waals surface area contributed by atoms with Crippen molar-refractivity contribution in [3.8, 4) is 0 Å². The van der Waals surface area contributed by atoms with Crippen LogP contribution in [0.1, 0.15) is 33.1 Å². The molecule has 96 valence electrons. The number of nitrogens with zero attached hydrogens (tertiary/aromatic N) is 2. The lowest BCUT2D eigenvalue weighted by atomic mass is 9.92. The SMILES string of the molecule is CCC(CC)C(CN)N1CCCN(C)CC1.